The molecule has 0 aromatic heterocycles. The third-order valence-corrected chi connectivity index (χ3v) is 23.4. The van der Waals surface area contributed by atoms with Gasteiger partial charge in [-0.1, -0.05) is 54.0 Å². The lowest BCUT2D eigenvalue weighted by Gasteiger charge is -2.70. The Morgan fingerprint density at radius 1 is 0.612 bits per heavy atom. The van der Waals surface area contributed by atoms with Gasteiger partial charge < -0.3 is 74.6 Å². The number of hydrogen-bond acceptors (Lipinski definition) is 22. The van der Waals surface area contributed by atoms with Gasteiger partial charge in [-0.2, -0.15) is 35.3 Å². The van der Waals surface area contributed by atoms with E-state index in [0.717, 1.165) is 31.9 Å². The van der Waals surface area contributed by atoms with Crippen molar-refractivity contribution < 1.29 is 92.3 Å². The summed E-state index contributed by atoms with van der Waals surface area (Å²) in [6, 6.07) is -3.11. The zero-order valence-corrected chi connectivity index (χ0v) is 54.1. The summed E-state index contributed by atoms with van der Waals surface area (Å²) >= 11 is 4.41. The van der Waals surface area contributed by atoms with Crippen LogP contribution >= 0.6 is 35.3 Å². The van der Waals surface area contributed by atoms with Gasteiger partial charge in [0.2, 0.25) is 5.91 Å². The fourth-order valence-corrected chi connectivity index (χ4v) is 17.5. The van der Waals surface area contributed by atoms with Crippen molar-refractivity contribution in [3.8, 4) is 0 Å². The molecule has 7 aliphatic rings. The Morgan fingerprint density at radius 2 is 1.11 bits per heavy atom. The van der Waals surface area contributed by atoms with Crippen LogP contribution in [0, 0.1) is 50.2 Å². The van der Waals surface area contributed by atoms with Crippen molar-refractivity contribution in [1.29, 1.82) is 0 Å². The van der Waals surface area contributed by atoms with Crippen LogP contribution in [0.3, 0.4) is 0 Å². The van der Waals surface area contributed by atoms with E-state index in [9.17, 15) is 54.3 Å². The molecule has 0 aromatic rings. The predicted molar refractivity (Wildman–Crippen MR) is 317 cm³/mol. The fourth-order valence-electron chi connectivity index (χ4n) is 16.1. The van der Waals surface area contributed by atoms with E-state index in [1.165, 1.54) is 37.7 Å². The molecule has 0 spiro atoms. The maximum Gasteiger partial charge on any atom is 0.328 e. The first kappa shape index (κ1) is 69.4. The summed E-state index contributed by atoms with van der Waals surface area (Å²) in [5.41, 5.74) is -2.13. The second kappa shape index (κ2) is 27.6. The van der Waals surface area contributed by atoms with Crippen molar-refractivity contribution in [3.63, 3.8) is 0 Å². The van der Waals surface area contributed by atoms with Crippen LogP contribution in [0.15, 0.2) is 11.6 Å². The Kier molecular flexibility index (Phi) is 22.5. The molecule has 22 atom stereocenters. The zero-order valence-electron chi connectivity index (χ0n) is 51.7. The number of amides is 3. The molecule has 85 heavy (non-hydrogen) atoms. The number of methoxy groups -OCH3 is 3. The number of carbonyl (C=O) groups excluding carboxylic acids is 7. The molecule has 482 valence electrons. The maximum atomic E-state index is 15.5. The van der Waals surface area contributed by atoms with Crippen molar-refractivity contribution in [2.75, 3.05) is 57.4 Å². The van der Waals surface area contributed by atoms with Crippen molar-refractivity contribution in [3.05, 3.63) is 11.6 Å². The number of ether oxygens (including phenoxy) is 7. The molecule has 4 saturated carbocycles. The van der Waals surface area contributed by atoms with Crippen LogP contribution < -0.4 is 16.0 Å². The summed E-state index contributed by atoms with van der Waals surface area (Å²) in [6.45, 7) is 15.2. The number of hydrogen-bond donors (Lipinski definition) is 8. The van der Waals surface area contributed by atoms with Crippen LogP contribution in [0.4, 0.5) is 0 Å². The highest BCUT2D eigenvalue weighted by molar-refractivity contribution is 7.98. The van der Waals surface area contributed by atoms with Crippen LogP contribution in [0.1, 0.15) is 126 Å². The molecule has 2 aliphatic heterocycles. The van der Waals surface area contributed by atoms with Gasteiger partial charge in [-0.25, -0.2) is 14.4 Å². The Hall–Kier alpha value is -3.08. The number of aliphatic hydroxyl groups is 5. The second-order valence-electron chi connectivity index (χ2n) is 26.7. The van der Waals surface area contributed by atoms with E-state index < -0.39 is 148 Å². The van der Waals surface area contributed by atoms with Gasteiger partial charge in [-0.3, -0.25) is 19.2 Å². The lowest BCUT2D eigenvalue weighted by molar-refractivity contribution is -0.369. The molecular weight excluding hydrogens is 1160 g/mol. The molecule has 2 saturated heterocycles. The van der Waals surface area contributed by atoms with E-state index in [-0.39, 0.29) is 41.8 Å². The smallest absolute Gasteiger partial charge is 0.328 e. The van der Waals surface area contributed by atoms with Crippen molar-refractivity contribution in [2.24, 2.45) is 50.2 Å². The quantitative estimate of drug-likeness (QED) is 0.0438. The minimum absolute atomic E-state index is 0.0464. The largest absolute Gasteiger partial charge is 0.467 e. The van der Waals surface area contributed by atoms with E-state index in [2.05, 4.69) is 43.6 Å². The number of carbonyl (C=O) groups is 7. The molecule has 25 heteroatoms. The minimum atomic E-state index is -2.09. The molecule has 5 aliphatic carbocycles. The summed E-state index contributed by atoms with van der Waals surface area (Å²) in [5.74, 6) is -3.30. The predicted octanol–water partition coefficient (Wildman–Crippen LogP) is 3.22. The summed E-state index contributed by atoms with van der Waals surface area (Å²) < 4.78 is 40.3. The average Bonchev–Trinajstić information content (AvgIpc) is 0.710. The Labute approximate surface area is 512 Å². The summed E-state index contributed by atoms with van der Waals surface area (Å²) in [4.78, 5) is 96.3. The molecule has 2 heterocycles. The zero-order chi connectivity index (χ0) is 62.9. The molecule has 6 fully saturated rings. The Balaban J connectivity index is 1.18. The SMILES string of the molecule is COC(=O)[C@H](CCSC)NC(=O)[C@H]1O[C@@H](O[C@H]2[C@@H](O[C@H]3CC[C@]4(C)[C@H]5C(=O)C=C6[C@@H]7C[C@@](C)(C(=O)N[C@@H](CCSC)C(=O)OC)CC[C@]7(C)CC[C@@]6(C)[C@]5(C)CC[C@H]4C3(C)C)O[C@H](C(=O)N[C@@H](CCSC)C(=O)OC)[C@@H](O)[C@@H]2O)[C@H](O)[C@@H](O)[C@@H]1O. The van der Waals surface area contributed by atoms with Crippen molar-refractivity contribution >= 4 is 76.7 Å². The molecule has 0 aromatic carbocycles. The van der Waals surface area contributed by atoms with Crippen LogP contribution in [0.25, 0.3) is 0 Å². The molecule has 8 N–H and O–H groups in total. The lowest BCUT2D eigenvalue weighted by Crippen LogP contribution is -2.69. The highest BCUT2D eigenvalue weighted by Crippen LogP contribution is 2.75. The normalized spacial score (nSPS) is 40.4. The van der Waals surface area contributed by atoms with E-state index in [4.69, 9.17) is 33.2 Å². The first-order chi connectivity index (χ1) is 39.9. The first-order valence-corrected chi connectivity index (χ1v) is 34.0. The number of rotatable bonds is 22. The van der Waals surface area contributed by atoms with Gasteiger partial charge in [0.25, 0.3) is 11.8 Å². The molecule has 7 rings (SSSR count). The van der Waals surface area contributed by atoms with Gasteiger partial charge in [0.05, 0.1) is 27.4 Å². The summed E-state index contributed by atoms with van der Waals surface area (Å²) in [6.07, 6.45) is -6.42. The number of allylic oxidation sites excluding steroid dienone is 2. The maximum absolute atomic E-state index is 15.5. The number of aliphatic hydroxyl groups excluding tert-OH is 5. The number of fused-ring (bicyclic) bond motifs is 7. The fraction of sp³-hybridized carbons (Fsp3) is 0.850. The number of thioether (sulfide) groups is 3. The van der Waals surface area contributed by atoms with E-state index >= 15 is 4.79 Å². The molecule has 0 unspecified atom stereocenters. The highest BCUT2D eigenvalue weighted by Gasteiger charge is 2.71. The number of nitrogens with one attached hydrogen (secondary N) is 3. The number of esters is 3. The van der Waals surface area contributed by atoms with E-state index in [1.54, 1.807) is 18.0 Å². The molecule has 0 radical (unpaired) electrons. The minimum Gasteiger partial charge on any atom is -0.467 e. The topological polar surface area (TPSA) is 321 Å². The van der Waals surface area contributed by atoms with Gasteiger partial charge >= 0.3 is 17.9 Å². The molecule has 0 bridgehead atoms. The summed E-state index contributed by atoms with van der Waals surface area (Å²) in [5, 5.41) is 65.7. The Morgan fingerprint density at radius 3 is 1.62 bits per heavy atom. The van der Waals surface area contributed by atoms with Gasteiger partial charge in [-0.05, 0) is 158 Å². The third-order valence-electron chi connectivity index (χ3n) is 21.5. The average molecular weight is 1260 g/mol. The van der Waals surface area contributed by atoms with Gasteiger partial charge in [0.15, 0.2) is 30.6 Å². The van der Waals surface area contributed by atoms with Gasteiger partial charge in [0.1, 0.15) is 54.7 Å². The van der Waals surface area contributed by atoms with E-state index in [1.807, 2.05) is 39.4 Å². The monoisotopic (exact) mass is 1260 g/mol. The molecule has 22 nitrogen and oxygen atoms in total. The lowest BCUT2D eigenvalue weighted by atomic mass is 9.33. The first-order valence-electron chi connectivity index (χ1n) is 29.8. The molecule has 3 amide bonds. The van der Waals surface area contributed by atoms with Crippen LogP contribution in [-0.4, -0.2) is 210 Å². The standard InChI is InChI=1S/C60H95N3O19S3/c1-55(2)36-14-20-60(7)46(35(64)28-30-31-29-57(4,22-21-56(31,3)23-24-59(30,60)6)54(75)63-34(18-27-85-13)51(74)78-10)58(36,5)19-15-37(55)79-53-45(41(68)40(67)44(81-53)48(71)62-33(17-26-84-12)50(73)77-9)82-52-42(69)38(65)39(66)43(80-52)47(70)61-32(16-25-83-11)49(72)76-8/h28,31-34,36-46,52-53,65-69H,14-27,29H2,1-13H3,(H,61,70)(H,62,71)(H,63,75)/t31-,32-,33-,34-,36-,37-,38-,39-,40-,41-,42+,43-,44-,45+,46+,52-,53-,56+,57-,58-,59+,60+/m0/s1. The van der Waals surface area contributed by atoms with Crippen molar-refractivity contribution in [1.82, 2.24) is 16.0 Å². The third kappa shape index (κ3) is 13.3. The number of ketones is 1. The van der Waals surface area contributed by atoms with Gasteiger partial charge in [-0.15, -0.1) is 0 Å². The summed E-state index contributed by atoms with van der Waals surface area (Å²) in [7, 11) is 3.63. The van der Waals surface area contributed by atoms with Crippen LogP contribution in [-0.2, 0) is 66.7 Å². The van der Waals surface area contributed by atoms with E-state index in [0.29, 0.717) is 62.2 Å². The molecular formula is C60H95N3O19S3. The van der Waals surface area contributed by atoms with Gasteiger partial charge in [0, 0.05) is 11.3 Å². The van der Waals surface area contributed by atoms with Crippen LogP contribution in [0.5, 0.6) is 0 Å². The second-order valence-corrected chi connectivity index (χ2v) is 29.7. The highest BCUT2D eigenvalue weighted by atomic mass is 32.2. The Bertz CT molecular complexity index is 2490. The van der Waals surface area contributed by atoms with Crippen molar-refractivity contribution in [2.45, 2.75) is 211 Å². The van der Waals surface area contributed by atoms with Crippen LogP contribution in [0.2, 0.25) is 0 Å².